The maximum atomic E-state index is 2.42. The minimum atomic E-state index is 1.39. The van der Waals surface area contributed by atoms with Crippen molar-refractivity contribution in [3.8, 4) is 0 Å². The van der Waals surface area contributed by atoms with Crippen LogP contribution in [0, 0.1) is 28.1 Å². The summed E-state index contributed by atoms with van der Waals surface area (Å²) in [6.07, 6.45) is 0. The van der Waals surface area contributed by atoms with Gasteiger partial charge in [-0.1, -0.05) is 0 Å². The maximum Gasteiger partial charge on any atom is 0.0411 e. The quantitative estimate of drug-likeness (QED) is 0.227. The van der Waals surface area contributed by atoms with Crippen molar-refractivity contribution in [1.29, 1.82) is 0 Å². The Labute approximate surface area is 127 Å². The van der Waals surface area contributed by atoms with Crippen LogP contribution in [0.3, 0.4) is 0 Å². The Morgan fingerprint density at radius 2 is 0.833 bits per heavy atom. The summed E-state index contributed by atoms with van der Waals surface area (Å²) in [5, 5.41) is 0. The number of benzene rings is 1. The lowest BCUT2D eigenvalue weighted by molar-refractivity contribution is 1.25. The number of hydrogen-bond acceptors (Lipinski definition) is 0. The Morgan fingerprint density at radius 3 is 1.08 bits per heavy atom. The van der Waals surface area contributed by atoms with Gasteiger partial charge in [-0.2, -0.15) is 0 Å². The first-order chi connectivity index (χ1) is 5.46. The van der Waals surface area contributed by atoms with Gasteiger partial charge in [-0.3, -0.25) is 0 Å². The molecule has 0 saturated carbocycles. The van der Waals surface area contributed by atoms with E-state index in [9.17, 15) is 0 Å². The van der Waals surface area contributed by atoms with Crippen molar-refractivity contribution in [1.82, 2.24) is 0 Å². The van der Waals surface area contributed by atoms with Crippen molar-refractivity contribution in [2.75, 3.05) is 0 Å². The summed E-state index contributed by atoms with van der Waals surface area (Å²) in [6, 6.07) is 0. The van der Waals surface area contributed by atoms with Crippen molar-refractivity contribution in [3.63, 3.8) is 0 Å². The van der Waals surface area contributed by atoms with Crippen LogP contribution in [0.2, 0.25) is 0 Å². The highest BCUT2D eigenvalue weighted by molar-refractivity contribution is 14.1. The van der Waals surface area contributed by atoms with Crippen LogP contribution in [0.1, 0.15) is 11.1 Å². The molecule has 0 radical (unpaired) electrons. The Hall–Kier alpha value is 2.14. The highest BCUT2D eigenvalue weighted by atomic mass is 127. The summed E-state index contributed by atoms with van der Waals surface area (Å²) >= 11 is 9.68. The van der Waals surface area contributed by atoms with Gasteiger partial charge in [0.2, 0.25) is 0 Å². The fraction of sp³-hybridized carbons (Fsp3) is 0.250. The fourth-order valence-electron chi connectivity index (χ4n) is 0.851. The van der Waals surface area contributed by atoms with Crippen LogP contribution < -0.4 is 0 Å². The Balaban J connectivity index is 3.60. The molecule has 0 spiro atoms. The molecule has 1 rings (SSSR count). The Morgan fingerprint density at radius 1 is 0.583 bits per heavy atom. The van der Waals surface area contributed by atoms with E-state index >= 15 is 0 Å². The highest BCUT2D eigenvalue weighted by Crippen LogP contribution is 2.31. The molecule has 4 heteroatoms. The predicted molar refractivity (Wildman–Crippen MR) is 86.8 cm³/mol. The molecule has 12 heavy (non-hydrogen) atoms. The molecule has 0 atom stereocenters. The average Bonchev–Trinajstić information content (AvgIpc) is 2.08. The van der Waals surface area contributed by atoms with E-state index in [1.165, 1.54) is 25.4 Å². The summed E-state index contributed by atoms with van der Waals surface area (Å²) in [4.78, 5) is 0. The summed E-state index contributed by atoms with van der Waals surface area (Å²) in [5.74, 6) is 0. The molecule has 0 aliphatic carbocycles. The summed E-state index contributed by atoms with van der Waals surface area (Å²) < 4.78 is 5.58. The third-order valence-electron chi connectivity index (χ3n) is 1.80. The molecular weight excluding hydrogens is 604 g/mol. The van der Waals surface area contributed by atoms with Crippen molar-refractivity contribution in [3.05, 3.63) is 25.4 Å². The molecule has 0 unspecified atom stereocenters. The molecule has 0 aliphatic heterocycles. The van der Waals surface area contributed by atoms with Gasteiger partial charge in [0, 0.05) is 14.3 Å². The van der Waals surface area contributed by atoms with E-state index in [1.54, 1.807) is 0 Å². The summed E-state index contributed by atoms with van der Waals surface area (Å²) in [5.41, 5.74) is 2.84. The van der Waals surface area contributed by atoms with E-state index in [4.69, 9.17) is 0 Å². The van der Waals surface area contributed by atoms with Crippen molar-refractivity contribution >= 4 is 90.4 Å². The van der Waals surface area contributed by atoms with Gasteiger partial charge in [-0.25, -0.2) is 0 Å². The molecule has 1 aromatic carbocycles. The molecule has 0 bridgehead atoms. The van der Waals surface area contributed by atoms with Crippen LogP contribution >= 0.6 is 90.4 Å². The minimum absolute atomic E-state index is 1.39. The number of rotatable bonds is 0. The zero-order valence-corrected chi connectivity index (χ0v) is 15.1. The molecule has 0 saturated heterocycles. The van der Waals surface area contributed by atoms with E-state index in [0.717, 1.165) is 0 Å². The predicted octanol–water partition coefficient (Wildman–Crippen LogP) is 4.72. The first kappa shape index (κ1) is 12.2. The first-order valence-electron chi connectivity index (χ1n) is 3.26. The molecule has 0 aromatic heterocycles. The summed E-state index contributed by atoms with van der Waals surface area (Å²) in [6.45, 7) is 4.38. The van der Waals surface area contributed by atoms with Gasteiger partial charge < -0.3 is 0 Å². The van der Waals surface area contributed by atoms with Crippen molar-refractivity contribution in [2.24, 2.45) is 0 Å². The zero-order chi connectivity index (χ0) is 9.46. The van der Waals surface area contributed by atoms with Gasteiger partial charge in [0.15, 0.2) is 0 Å². The molecule has 1 aromatic rings. The number of hydrogen-bond donors (Lipinski definition) is 0. The lowest BCUT2D eigenvalue weighted by Gasteiger charge is -2.10. The standard InChI is InChI=1S/C8H6I4/c1-3-4(2)6(10)8(12)7(11)5(3)9/h1-2H3. The van der Waals surface area contributed by atoms with Crippen molar-refractivity contribution in [2.45, 2.75) is 13.8 Å². The van der Waals surface area contributed by atoms with Gasteiger partial charge in [0.25, 0.3) is 0 Å². The highest BCUT2D eigenvalue weighted by Gasteiger charge is 2.12. The normalized spacial score (nSPS) is 10.5. The van der Waals surface area contributed by atoms with Gasteiger partial charge in [0.1, 0.15) is 0 Å². The van der Waals surface area contributed by atoms with E-state index in [0.29, 0.717) is 0 Å². The van der Waals surface area contributed by atoms with Crippen LogP contribution in [0.25, 0.3) is 0 Å². The lowest BCUT2D eigenvalue weighted by Crippen LogP contribution is -1.98. The monoisotopic (exact) mass is 610 g/mol. The Bertz CT molecular complexity index is 225. The molecule has 0 nitrogen and oxygen atoms in total. The van der Waals surface area contributed by atoms with Crippen LogP contribution in [0.15, 0.2) is 0 Å². The van der Waals surface area contributed by atoms with Gasteiger partial charge in [0.05, 0.1) is 0 Å². The molecule has 0 amide bonds. The first-order valence-corrected chi connectivity index (χ1v) is 7.57. The second-order valence-corrected chi connectivity index (χ2v) is 6.82. The third-order valence-corrected chi connectivity index (χ3v) is 9.75. The molecular formula is C8H6I4. The second-order valence-electron chi connectivity index (χ2n) is 2.51. The van der Waals surface area contributed by atoms with E-state index in [-0.39, 0.29) is 0 Å². The van der Waals surface area contributed by atoms with Gasteiger partial charge in [-0.15, -0.1) is 0 Å². The van der Waals surface area contributed by atoms with Crippen molar-refractivity contribution < 1.29 is 0 Å². The zero-order valence-electron chi connectivity index (χ0n) is 6.51. The van der Waals surface area contributed by atoms with Crippen LogP contribution in [0.4, 0.5) is 0 Å². The van der Waals surface area contributed by atoms with E-state index in [2.05, 4.69) is 104 Å². The summed E-state index contributed by atoms with van der Waals surface area (Å²) in [7, 11) is 0. The topological polar surface area (TPSA) is 0 Å². The molecule has 0 N–H and O–H groups in total. The molecule has 0 aliphatic rings. The Kier molecular flexibility index (Phi) is 4.86. The number of halogens is 4. The average molecular weight is 610 g/mol. The fourth-order valence-corrected chi connectivity index (χ4v) is 4.58. The lowest BCUT2D eigenvalue weighted by atomic mass is 10.1. The molecule has 0 heterocycles. The van der Waals surface area contributed by atoms with Gasteiger partial charge in [-0.05, 0) is 115 Å². The minimum Gasteiger partial charge on any atom is -0.0428 e. The van der Waals surface area contributed by atoms with Crippen LogP contribution in [0.5, 0.6) is 0 Å². The third kappa shape index (κ3) is 2.20. The molecule has 66 valence electrons. The van der Waals surface area contributed by atoms with Crippen LogP contribution in [-0.4, -0.2) is 0 Å². The van der Waals surface area contributed by atoms with E-state index in [1.807, 2.05) is 0 Å². The smallest absolute Gasteiger partial charge is 0.0411 e. The van der Waals surface area contributed by atoms with Crippen LogP contribution in [-0.2, 0) is 0 Å². The molecule has 0 fully saturated rings. The largest absolute Gasteiger partial charge is 0.0428 e. The SMILES string of the molecule is Cc1c(C)c(I)c(I)c(I)c1I. The van der Waals surface area contributed by atoms with Gasteiger partial charge >= 0.3 is 0 Å². The van der Waals surface area contributed by atoms with E-state index < -0.39 is 0 Å². The second kappa shape index (κ2) is 4.77. The maximum absolute atomic E-state index is 2.42.